The van der Waals surface area contributed by atoms with Gasteiger partial charge >= 0.3 is 11.9 Å². The number of hydrogen-bond donors (Lipinski definition) is 1. The number of nitriles is 1. The Morgan fingerprint density at radius 1 is 1.12 bits per heavy atom. The topological polar surface area (TPSA) is 150 Å². The number of imidazole rings is 1. The normalized spacial score (nSPS) is 9.12. The van der Waals surface area contributed by atoms with Crippen LogP contribution < -0.4 is 5.73 Å². The molecule has 10 nitrogen and oxygen atoms in total. The molecular formula is C24H29N5O5. The summed E-state index contributed by atoms with van der Waals surface area (Å²) < 4.78 is 11.2. The Morgan fingerprint density at radius 3 is 2.32 bits per heavy atom. The third-order valence-electron chi connectivity index (χ3n) is 3.41. The molecule has 0 radical (unpaired) electrons. The Labute approximate surface area is 198 Å². The zero-order valence-electron chi connectivity index (χ0n) is 19.5. The number of aldehydes is 1. The summed E-state index contributed by atoms with van der Waals surface area (Å²) in [6, 6.07) is 12.9. The molecule has 0 aromatic carbocycles. The van der Waals surface area contributed by atoms with Crippen molar-refractivity contribution >= 4 is 29.7 Å². The quantitative estimate of drug-likeness (QED) is 0.328. The van der Waals surface area contributed by atoms with Crippen LogP contribution in [0.25, 0.3) is 5.65 Å². The number of ether oxygens (including phenoxy) is 2. The van der Waals surface area contributed by atoms with Gasteiger partial charge in [0, 0.05) is 31.6 Å². The summed E-state index contributed by atoms with van der Waals surface area (Å²) in [7, 11) is 0. The number of carbonyl (C=O) groups is 3. The summed E-state index contributed by atoms with van der Waals surface area (Å²) in [6.45, 7) is 5.68. The van der Waals surface area contributed by atoms with E-state index in [1.54, 1.807) is 38.4 Å². The lowest BCUT2D eigenvalue weighted by molar-refractivity contribution is -0.142. The van der Waals surface area contributed by atoms with E-state index in [0.29, 0.717) is 25.3 Å². The van der Waals surface area contributed by atoms with Crippen molar-refractivity contribution in [2.24, 2.45) is 0 Å². The van der Waals surface area contributed by atoms with E-state index in [0.717, 1.165) is 23.5 Å². The zero-order chi connectivity index (χ0) is 25.6. The summed E-state index contributed by atoms with van der Waals surface area (Å²) in [5, 5.41) is 7.32. The number of pyridine rings is 2. The average molecular weight is 468 g/mol. The van der Waals surface area contributed by atoms with E-state index in [1.807, 2.05) is 40.9 Å². The first-order valence-corrected chi connectivity index (χ1v) is 10.3. The van der Waals surface area contributed by atoms with Crippen LogP contribution in [0.2, 0.25) is 0 Å². The number of nitrogen functional groups attached to an aromatic ring is 1. The Morgan fingerprint density at radius 2 is 1.79 bits per heavy atom. The van der Waals surface area contributed by atoms with Crippen molar-refractivity contribution in [3.05, 3.63) is 72.8 Å². The fourth-order valence-corrected chi connectivity index (χ4v) is 2.16. The second-order valence-electron chi connectivity index (χ2n) is 5.89. The van der Waals surface area contributed by atoms with Crippen LogP contribution in [0.5, 0.6) is 0 Å². The van der Waals surface area contributed by atoms with Crippen LogP contribution in [0.15, 0.2) is 67.1 Å². The van der Waals surface area contributed by atoms with E-state index in [-0.39, 0.29) is 12.4 Å². The Kier molecular flexibility index (Phi) is 16.6. The van der Waals surface area contributed by atoms with Gasteiger partial charge in [0.2, 0.25) is 0 Å². The predicted molar refractivity (Wildman–Crippen MR) is 127 cm³/mol. The summed E-state index contributed by atoms with van der Waals surface area (Å²) >= 11 is 0. The minimum Gasteiger partial charge on any atom is -0.466 e. The van der Waals surface area contributed by atoms with Gasteiger partial charge in [0.25, 0.3) is 0 Å². The van der Waals surface area contributed by atoms with Crippen molar-refractivity contribution in [3.63, 3.8) is 0 Å². The molecule has 0 atom stereocenters. The van der Waals surface area contributed by atoms with Crippen molar-refractivity contribution in [2.45, 2.75) is 27.2 Å². The van der Waals surface area contributed by atoms with Crippen molar-refractivity contribution in [1.29, 1.82) is 5.26 Å². The number of aromatic nitrogens is 3. The smallest absolute Gasteiger partial charge is 0.330 e. The molecule has 3 aromatic heterocycles. The van der Waals surface area contributed by atoms with Crippen molar-refractivity contribution in [2.75, 3.05) is 18.9 Å². The van der Waals surface area contributed by atoms with Gasteiger partial charge < -0.3 is 19.6 Å². The number of fused-ring (bicyclic) bond motifs is 1. The van der Waals surface area contributed by atoms with Gasteiger partial charge in [0.1, 0.15) is 17.8 Å². The second-order valence-corrected chi connectivity index (χ2v) is 5.89. The first-order valence-electron chi connectivity index (χ1n) is 10.3. The van der Waals surface area contributed by atoms with Gasteiger partial charge in [-0.15, -0.1) is 0 Å². The number of nitrogens with zero attached hydrogens (tertiary/aromatic N) is 4. The van der Waals surface area contributed by atoms with Crippen LogP contribution in [-0.4, -0.2) is 45.8 Å². The minimum absolute atomic E-state index is 0.219. The first kappa shape index (κ1) is 29.5. The number of allylic oxidation sites excluding steroid dienone is 1. The van der Waals surface area contributed by atoms with Gasteiger partial charge in [-0.05, 0) is 44.2 Å². The molecule has 180 valence electrons. The van der Waals surface area contributed by atoms with Gasteiger partial charge in [0.15, 0.2) is 0 Å². The molecule has 0 aliphatic rings. The van der Waals surface area contributed by atoms with E-state index in [9.17, 15) is 14.4 Å². The summed E-state index contributed by atoms with van der Waals surface area (Å²) in [5.41, 5.74) is 6.94. The predicted octanol–water partition coefficient (Wildman–Crippen LogP) is 2.94. The number of esters is 2. The van der Waals surface area contributed by atoms with Crippen LogP contribution in [0, 0.1) is 11.3 Å². The van der Waals surface area contributed by atoms with Gasteiger partial charge in [-0.25, -0.2) is 14.8 Å². The first-order chi connectivity index (χ1) is 16.4. The molecule has 3 heterocycles. The number of rotatable bonds is 6. The molecule has 0 amide bonds. The number of nitrogens with two attached hydrogens (primary N) is 1. The highest BCUT2D eigenvalue weighted by molar-refractivity contribution is 5.86. The molecule has 3 aromatic rings. The maximum atomic E-state index is 11.3. The van der Waals surface area contributed by atoms with Crippen LogP contribution >= 0.6 is 0 Å². The fraction of sp³-hybridized carbons (Fsp3) is 0.250. The Balaban J connectivity index is 0.000000490. The molecule has 0 aliphatic carbocycles. The van der Waals surface area contributed by atoms with E-state index < -0.39 is 5.97 Å². The fourth-order valence-electron chi connectivity index (χ4n) is 2.16. The molecule has 10 heteroatoms. The lowest BCUT2D eigenvalue weighted by Gasteiger charge is -2.01. The van der Waals surface area contributed by atoms with Gasteiger partial charge in [-0.2, -0.15) is 5.26 Å². The highest BCUT2D eigenvalue weighted by Crippen LogP contribution is 2.07. The maximum absolute atomic E-state index is 11.3. The number of hydrogen-bond acceptors (Lipinski definition) is 9. The van der Waals surface area contributed by atoms with E-state index in [2.05, 4.69) is 14.7 Å². The molecule has 0 saturated carbocycles. The standard InChI is InChI=1S/C11H12N2O2.C6H8O3.C5H6N2.C2H3N/c1-2-15-11(14)7-9-8-12-10-5-3-4-6-13(9)10;1-2-9-6(8)4-3-5-7;6-5-3-1-2-4-7-5;1-2-3/h3-6,8H,2,7H2,1H3;3-5H,2H2,1H3;1-4H,(H2,6,7);1H3/b;4-3+;;. The molecule has 2 N–H and O–H groups in total. The lowest BCUT2D eigenvalue weighted by Crippen LogP contribution is -2.08. The summed E-state index contributed by atoms with van der Waals surface area (Å²) in [5.74, 6) is -0.129. The molecule has 0 unspecified atom stereocenters. The molecular weight excluding hydrogens is 438 g/mol. The molecule has 34 heavy (non-hydrogen) atoms. The third kappa shape index (κ3) is 13.7. The Hall–Kier alpha value is -4.52. The van der Waals surface area contributed by atoms with Crippen molar-refractivity contribution in [3.8, 4) is 6.07 Å². The van der Waals surface area contributed by atoms with Gasteiger partial charge in [-0.3, -0.25) is 9.59 Å². The maximum Gasteiger partial charge on any atom is 0.330 e. The molecule has 0 saturated heterocycles. The number of carbonyl (C=O) groups excluding carboxylic acids is 3. The molecule has 0 spiro atoms. The monoisotopic (exact) mass is 467 g/mol. The van der Waals surface area contributed by atoms with Crippen LogP contribution in [0.3, 0.4) is 0 Å². The molecule has 3 rings (SSSR count). The second kappa shape index (κ2) is 19.2. The van der Waals surface area contributed by atoms with Gasteiger partial charge in [-0.1, -0.05) is 12.1 Å². The third-order valence-corrected chi connectivity index (χ3v) is 3.41. The molecule has 0 fully saturated rings. The lowest BCUT2D eigenvalue weighted by atomic mass is 10.3. The molecule has 0 aliphatic heterocycles. The zero-order valence-corrected chi connectivity index (χ0v) is 19.5. The Bertz CT molecular complexity index is 1060. The van der Waals surface area contributed by atoms with E-state index in [4.69, 9.17) is 15.7 Å². The van der Waals surface area contributed by atoms with E-state index in [1.165, 1.54) is 6.92 Å². The van der Waals surface area contributed by atoms with Crippen LogP contribution in [0.4, 0.5) is 5.82 Å². The minimum atomic E-state index is -0.482. The van der Waals surface area contributed by atoms with Gasteiger partial charge in [0.05, 0.1) is 31.4 Å². The van der Waals surface area contributed by atoms with Crippen LogP contribution in [0.1, 0.15) is 26.5 Å². The van der Waals surface area contributed by atoms with Crippen molar-refractivity contribution < 1.29 is 23.9 Å². The van der Waals surface area contributed by atoms with Crippen molar-refractivity contribution in [1.82, 2.24) is 14.4 Å². The number of anilines is 1. The summed E-state index contributed by atoms with van der Waals surface area (Å²) in [6.07, 6.45) is 8.21. The summed E-state index contributed by atoms with van der Waals surface area (Å²) in [4.78, 5) is 39.2. The highest BCUT2D eigenvalue weighted by Gasteiger charge is 2.08. The highest BCUT2D eigenvalue weighted by atomic mass is 16.5. The SMILES string of the molecule is CC#N.CCOC(=O)/C=C/C=O.CCOC(=O)Cc1cnc2ccccn12.Nc1ccccn1. The van der Waals surface area contributed by atoms with E-state index >= 15 is 0 Å². The molecule has 0 bridgehead atoms. The average Bonchev–Trinajstić information content (AvgIpc) is 3.23. The van der Waals surface area contributed by atoms with Crippen LogP contribution in [-0.2, 0) is 30.3 Å². The largest absolute Gasteiger partial charge is 0.466 e.